The quantitative estimate of drug-likeness (QED) is 0.807. The van der Waals surface area contributed by atoms with Crippen LogP contribution in [0.25, 0.3) is 0 Å². The fraction of sp³-hybridized carbons (Fsp3) is 0.692. The molecule has 0 radical (unpaired) electrons. The highest BCUT2D eigenvalue weighted by Crippen LogP contribution is 2.28. The Labute approximate surface area is 113 Å². The van der Waals surface area contributed by atoms with Crippen molar-refractivity contribution in [3.05, 3.63) is 18.2 Å². The summed E-state index contributed by atoms with van der Waals surface area (Å²) in [6.07, 6.45) is 5.33. The minimum absolute atomic E-state index is 0.122. The lowest BCUT2D eigenvalue weighted by Gasteiger charge is -2.33. The molecule has 1 aromatic rings. The number of aromatic nitrogens is 2. The van der Waals surface area contributed by atoms with Gasteiger partial charge in [0.15, 0.2) is 0 Å². The summed E-state index contributed by atoms with van der Waals surface area (Å²) in [6, 6.07) is 0. The molecule has 0 aromatic carbocycles. The van der Waals surface area contributed by atoms with Crippen molar-refractivity contribution >= 4 is 5.91 Å². The van der Waals surface area contributed by atoms with E-state index in [2.05, 4.69) is 17.2 Å². The highest BCUT2D eigenvalue weighted by molar-refractivity contribution is 5.92. The van der Waals surface area contributed by atoms with Crippen molar-refractivity contribution in [2.45, 2.75) is 26.3 Å². The van der Waals surface area contributed by atoms with Gasteiger partial charge in [-0.3, -0.25) is 4.79 Å². The molecule has 2 rings (SSSR count). The number of rotatable bonds is 5. The molecule has 1 aromatic heterocycles. The standard InChI is InChI=1S/C13H22N4O2/c1-13(2-6-19-7-3-13)9-15-12(18)11-8-17(5-4-14)10-16-11/h8,10H,2-7,9,14H2,1H3,(H,15,18). The average molecular weight is 266 g/mol. The minimum atomic E-state index is -0.122. The molecule has 19 heavy (non-hydrogen) atoms. The first-order valence-corrected chi connectivity index (χ1v) is 6.71. The van der Waals surface area contributed by atoms with Crippen LogP contribution in [-0.4, -0.2) is 41.8 Å². The number of nitrogens with zero attached hydrogens (tertiary/aromatic N) is 2. The van der Waals surface area contributed by atoms with Gasteiger partial charge in [-0.1, -0.05) is 6.92 Å². The van der Waals surface area contributed by atoms with Crippen molar-refractivity contribution in [2.75, 3.05) is 26.3 Å². The number of nitrogens with one attached hydrogen (secondary N) is 1. The summed E-state index contributed by atoms with van der Waals surface area (Å²) in [6.45, 7) is 5.61. The molecule has 6 nitrogen and oxygen atoms in total. The number of hydrogen-bond acceptors (Lipinski definition) is 4. The van der Waals surface area contributed by atoms with Gasteiger partial charge in [-0.15, -0.1) is 0 Å². The third-order valence-electron chi connectivity index (χ3n) is 3.63. The summed E-state index contributed by atoms with van der Waals surface area (Å²) >= 11 is 0. The number of ether oxygens (including phenoxy) is 1. The van der Waals surface area contributed by atoms with Crippen LogP contribution in [0.4, 0.5) is 0 Å². The first-order chi connectivity index (χ1) is 9.13. The van der Waals surface area contributed by atoms with Gasteiger partial charge < -0.3 is 20.4 Å². The molecular weight excluding hydrogens is 244 g/mol. The van der Waals surface area contributed by atoms with E-state index in [1.165, 1.54) is 0 Å². The first kappa shape index (κ1) is 14.0. The normalized spacial score (nSPS) is 18.2. The lowest BCUT2D eigenvalue weighted by molar-refractivity contribution is 0.0238. The molecule has 0 aliphatic carbocycles. The van der Waals surface area contributed by atoms with E-state index in [0.29, 0.717) is 25.3 Å². The molecule has 0 spiro atoms. The molecule has 3 N–H and O–H groups in total. The maximum Gasteiger partial charge on any atom is 0.271 e. The van der Waals surface area contributed by atoms with Crippen LogP contribution in [-0.2, 0) is 11.3 Å². The van der Waals surface area contributed by atoms with Crippen molar-refractivity contribution in [3.8, 4) is 0 Å². The molecule has 2 heterocycles. The van der Waals surface area contributed by atoms with Gasteiger partial charge in [-0.05, 0) is 18.3 Å². The highest BCUT2D eigenvalue weighted by atomic mass is 16.5. The molecule has 1 aliphatic rings. The number of hydrogen-bond donors (Lipinski definition) is 2. The molecule has 1 fully saturated rings. The summed E-state index contributed by atoms with van der Waals surface area (Å²) in [7, 11) is 0. The molecule has 0 unspecified atom stereocenters. The minimum Gasteiger partial charge on any atom is -0.381 e. The molecule has 0 atom stereocenters. The molecule has 0 bridgehead atoms. The van der Waals surface area contributed by atoms with Gasteiger partial charge in [0.2, 0.25) is 0 Å². The van der Waals surface area contributed by atoms with Gasteiger partial charge in [0, 0.05) is 39.0 Å². The summed E-state index contributed by atoms with van der Waals surface area (Å²) < 4.78 is 7.17. The number of nitrogens with two attached hydrogens (primary N) is 1. The van der Waals surface area contributed by atoms with E-state index >= 15 is 0 Å². The van der Waals surface area contributed by atoms with E-state index in [-0.39, 0.29) is 11.3 Å². The highest BCUT2D eigenvalue weighted by Gasteiger charge is 2.28. The van der Waals surface area contributed by atoms with Crippen LogP contribution in [0.2, 0.25) is 0 Å². The van der Waals surface area contributed by atoms with E-state index in [0.717, 1.165) is 26.1 Å². The summed E-state index contributed by atoms with van der Waals surface area (Å²) in [5, 5.41) is 2.96. The number of carbonyl (C=O) groups is 1. The largest absolute Gasteiger partial charge is 0.381 e. The van der Waals surface area contributed by atoms with Crippen molar-refractivity contribution in [2.24, 2.45) is 11.1 Å². The Bertz CT molecular complexity index is 424. The van der Waals surface area contributed by atoms with E-state index in [1.807, 2.05) is 4.57 Å². The number of amides is 1. The lowest BCUT2D eigenvalue weighted by Crippen LogP contribution is -2.39. The zero-order valence-corrected chi connectivity index (χ0v) is 11.4. The fourth-order valence-corrected chi connectivity index (χ4v) is 2.17. The Kier molecular flexibility index (Phi) is 4.55. The predicted molar refractivity (Wildman–Crippen MR) is 71.8 cm³/mol. The summed E-state index contributed by atoms with van der Waals surface area (Å²) in [5.41, 5.74) is 6.04. The van der Waals surface area contributed by atoms with Crippen LogP contribution >= 0.6 is 0 Å². The van der Waals surface area contributed by atoms with Crippen LogP contribution in [0.15, 0.2) is 12.5 Å². The van der Waals surface area contributed by atoms with Gasteiger partial charge in [0.25, 0.3) is 5.91 Å². The first-order valence-electron chi connectivity index (χ1n) is 6.71. The zero-order valence-electron chi connectivity index (χ0n) is 11.4. The Hall–Kier alpha value is -1.40. The van der Waals surface area contributed by atoms with Crippen molar-refractivity contribution < 1.29 is 9.53 Å². The third-order valence-corrected chi connectivity index (χ3v) is 3.63. The fourth-order valence-electron chi connectivity index (χ4n) is 2.17. The SMILES string of the molecule is CC1(CNC(=O)c2cn(CCN)cn2)CCOCC1. The Morgan fingerprint density at radius 3 is 3.00 bits per heavy atom. The van der Waals surface area contributed by atoms with Crippen LogP contribution in [0.5, 0.6) is 0 Å². The predicted octanol–water partition coefficient (Wildman–Crippen LogP) is 0.388. The smallest absolute Gasteiger partial charge is 0.271 e. The second-order valence-corrected chi connectivity index (χ2v) is 5.39. The Morgan fingerprint density at radius 1 is 1.58 bits per heavy atom. The Balaban J connectivity index is 1.86. The van der Waals surface area contributed by atoms with Gasteiger partial charge in [0.05, 0.1) is 6.33 Å². The second kappa shape index (κ2) is 6.16. The number of carbonyl (C=O) groups excluding carboxylic acids is 1. The summed E-state index contributed by atoms with van der Waals surface area (Å²) in [4.78, 5) is 16.1. The topological polar surface area (TPSA) is 82.2 Å². The maximum absolute atomic E-state index is 12.0. The van der Waals surface area contributed by atoms with Gasteiger partial charge in [0.1, 0.15) is 5.69 Å². The van der Waals surface area contributed by atoms with Crippen molar-refractivity contribution in [1.82, 2.24) is 14.9 Å². The summed E-state index contributed by atoms with van der Waals surface area (Å²) in [5.74, 6) is -0.122. The van der Waals surface area contributed by atoms with E-state index < -0.39 is 0 Å². The van der Waals surface area contributed by atoms with Gasteiger partial charge >= 0.3 is 0 Å². The molecule has 1 saturated heterocycles. The monoisotopic (exact) mass is 266 g/mol. The van der Waals surface area contributed by atoms with Gasteiger partial charge in [-0.2, -0.15) is 0 Å². The molecule has 106 valence electrons. The van der Waals surface area contributed by atoms with E-state index in [1.54, 1.807) is 12.5 Å². The van der Waals surface area contributed by atoms with Crippen molar-refractivity contribution in [1.29, 1.82) is 0 Å². The maximum atomic E-state index is 12.0. The molecule has 0 saturated carbocycles. The van der Waals surface area contributed by atoms with E-state index in [9.17, 15) is 4.79 Å². The van der Waals surface area contributed by atoms with Gasteiger partial charge in [-0.25, -0.2) is 4.98 Å². The second-order valence-electron chi connectivity index (χ2n) is 5.39. The lowest BCUT2D eigenvalue weighted by atomic mass is 9.82. The van der Waals surface area contributed by atoms with Crippen LogP contribution < -0.4 is 11.1 Å². The Morgan fingerprint density at radius 2 is 2.32 bits per heavy atom. The van der Waals surface area contributed by atoms with E-state index in [4.69, 9.17) is 10.5 Å². The van der Waals surface area contributed by atoms with Crippen LogP contribution in [0.3, 0.4) is 0 Å². The third kappa shape index (κ3) is 3.78. The van der Waals surface area contributed by atoms with Crippen LogP contribution in [0, 0.1) is 5.41 Å². The van der Waals surface area contributed by atoms with Crippen molar-refractivity contribution in [3.63, 3.8) is 0 Å². The molecular formula is C13H22N4O2. The number of imidazole rings is 1. The molecule has 1 amide bonds. The van der Waals surface area contributed by atoms with Crippen LogP contribution in [0.1, 0.15) is 30.3 Å². The average Bonchev–Trinajstić information content (AvgIpc) is 2.86. The molecule has 1 aliphatic heterocycles. The zero-order chi connectivity index (χ0) is 13.7. The molecule has 6 heteroatoms.